The normalized spacial score (nSPS) is 26.6. The first kappa shape index (κ1) is 25.5. The monoisotopic (exact) mass is 524 g/mol. The molecule has 3 aliphatic rings. The standard InChI is InChI=1S/C26H32F4N4OS/c1-32-10-12-33(13-11-32)8-2-9-34(23-5-7-25(16-21(23)25)18-6-14-36-17-18)24(35)31-19-3-4-22(27)20(15-19)26(28,29)30/h3-4,6,14-15,17,21,23H,2,5,7-13,16H2,1H3,(H,31,35)/t21-,23-,25-/m1/s1. The van der Waals surface area contributed by atoms with Crippen LogP contribution in [-0.4, -0.2) is 73.1 Å². The van der Waals surface area contributed by atoms with Crippen molar-refractivity contribution in [3.63, 3.8) is 0 Å². The Morgan fingerprint density at radius 2 is 2.00 bits per heavy atom. The number of amides is 2. The second-order valence-corrected chi connectivity index (χ2v) is 11.2. The predicted octanol–water partition coefficient (Wildman–Crippen LogP) is 5.50. The average molecular weight is 525 g/mol. The zero-order valence-electron chi connectivity index (χ0n) is 20.4. The molecule has 0 bridgehead atoms. The van der Waals surface area contributed by atoms with Crippen molar-refractivity contribution >= 4 is 23.1 Å². The molecule has 10 heteroatoms. The Labute approximate surface area is 213 Å². The van der Waals surface area contributed by atoms with Crippen LogP contribution in [-0.2, 0) is 11.6 Å². The average Bonchev–Trinajstić information content (AvgIpc) is 3.17. The number of nitrogens with zero attached hydrogens (tertiary/aromatic N) is 3. The Morgan fingerprint density at radius 3 is 2.67 bits per heavy atom. The van der Waals surface area contributed by atoms with Crippen molar-refractivity contribution in [2.45, 2.75) is 43.3 Å². The number of likely N-dealkylation sites (N-methyl/N-ethyl adjacent to an activating group) is 1. The number of hydrogen-bond acceptors (Lipinski definition) is 4. The van der Waals surface area contributed by atoms with E-state index in [1.165, 1.54) is 11.6 Å². The Bertz CT molecular complexity index is 1070. The van der Waals surface area contributed by atoms with Crippen LogP contribution < -0.4 is 5.32 Å². The molecule has 3 fully saturated rings. The number of hydrogen-bond donors (Lipinski definition) is 1. The first-order valence-electron chi connectivity index (χ1n) is 12.6. The van der Waals surface area contributed by atoms with Gasteiger partial charge in [-0.15, -0.1) is 0 Å². The van der Waals surface area contributed by atoms with E-state index in [0.29, 0.717) is 18.5 Å². The van der Waals surface area contributed by atoms with Crippen LogP contribution in [0.25, 0.3) is 0 Å². The molecule has 3 atom stereocenters. The second kappa shape index (κ2) is 9.95. The predicted molar refractivity (Wildman–Crippen MR) is 133 cm³/mol. The number of benzene rings is 1. The summed E-state index contributed by atoms with van der Waals surface area (Å²) >= 11 is 1.68. The maximum absolute atomic E-state index is 13.8. The van der Waals surface area contributed by atoms with E-state index in [9.17, 15) is 22.4 Å². The molecule has 2 aliphatic carbocycles. The number of anilines is 1. The van der Waals surface area contributed by atoms with Crippen LogP contribution in [0.1, 0.15) is 36.8 Å². The van der Waals surface area contributed by atoms with Gasteiger partial charge in [0.05, 0.1) is 5.56 Å². The van der Waals surface area contributed by atoms with Gasteiger partial charge in [-0.25, -0.2) is 9.18 Å². The van der Waals surface area contributed by atoms with Crippen LogP contribution in [0.5, 0.6) is 0 Å². The van der Waals surface area contributed by atoms with Gasteiger partial charge >= 0.3 is 12.2 Å². The van der Waals surface area contributed by atoms with E-state index in [2.05, 4.69) is 39.0 Å². The number of rotatable bonds is 7. The molecule has 1 aromatic heterocycles. The third-order valence-electron chi connectivity index (χ3n) is 8.23. The Hall–Kier alpha value is -2.17. The lowest BCUT2D eigenvalue weighted by molar-refractivity contribution is -0.139. The van der Waals surface area contributed by atoms with Gasteiger partial charge in [0.2, 0.25) is 0 Å². The van der Waals surface area contributed by atoms with E-state index in [0.717, 1.165) is 64.5 Å². The lowest BCUT2D eigenvalue weighted by Gasteiger charge is -2.34. The number of carbonyl (C=O) groups is 1. The molecule has 1 saturated heterocycles. The van der Waals surface area contributed by atoms with Gasteiger partial charge in [0, 0.05) is 49.9 Å². The van der Waals surface area contributed by atoms with E-state index in [1.807, 2.05) is 4.90 Å². The summed E-state index contributed by atoms with van der Waals surface area (Å²) in [5.41, 5.74) is 0.0447. The minimum absolute atomic E-state index is 0.0416. The number of nitrogens with one attached hydrogen (secondary N) is 1. The van der Waals surface area contributed by atoms with Crippen molar-refractivity contribution in [3.8, 4) is 0 Å². The van der Waals surface area contributed by atoms with E-state index >= 15 is 0 Å². The molecule has 5 nitrogen and oxygen atoms in total. The first-order chi connectivity index (χ1) is 17.2. The van der Waals surface area contributed by atoms with Crippen molar-refractivity contribution in [1.29, 1.82) is 0 Å². The maximum Gasteiger partial charge on any atom is 0.419 e. The Kier molecular flexibility index (Phi) is 7.04. The molecule has 1 N–H and O–H groups in total. The molecular formula is C26H32F4N4OS. The number of fused-ring (bicyclic) bond motifs is 1. The smallest absolute Gasteiger partial charge is 0.321 e. The fourth-order valence-corrected chi connectivity index (χ4v) is 6.86. The molecule has 0 unspecified atom stereocenters. The van der Waals surface area contributed by atoms with Crippen molar-refractivity contribution in [2.75, 3.05) is 51.6 Å². The molecule has 1 aliphatic heterocycles. The third kappa shape index (κ3) is 5.13. The highest BCUT2D eigenvalue weighted by Crippen LogP contribution is 2.65. The van der Waals surface area contributed by atoms with E-state index in [1.54, 1.807) is 11.3 Å². The molecule has 5 rings (SSSR count). The molecule has 1 aromatic carbocycles. The third-order valence-corrected chi connectivity index (χ3v) is 8.92. The van der Waals surface area contributed by atoms with Crippen LogP contribution in [0.3, 0.4) is 0 Å². The molecule has 0 radical (unpaired) electrons. The number of urea groups is 1. The first-order valence-corrected chi connectivity index (χ1v) is 13.5. The minimum atomic E-state index is -4.83. The van der Waals surface area contributed by atoms with Crippen molar-refractivity contribution in [3.05, 3.63) is 52.0 Å². The molecule has 36 heavy (non-hydrogen) atoms. The van der Waals surface area contributed by atoms with Gasteiger partial charge in [-0.3, -0.25) is 0 Å². The van der Waals surface area contributed by atoms with Gasteiger partial charge < -0.3 is 20.0 Å². The van der Waals surface area contributed by atoms with Crippen LogP contribution in [0.15, 0.2) is 35.0 Å². The van der Waals surface area contributed by atoms with E-state index in [-0.39, 0.29) is 17.1 Å². The number of alkyl halides is 3. The molecular weight excluding hydrogens is 492 g/mol. The van der Waals surface area contributed by atoms with Crippen LogP contribution in [0.4, 0.5) is 28.0 Å². The summed E-state index contributed by atoms with van der Waals surface area (Å²) in [6, 6.07) is 4.42. The fraction of sp³-hybridized carbons (Fsp3) is 0.577. The van der Waals surface area contributed by atoms with Gasteiger partial charge in [0.15, 0.2) is 0 Å². The maximum atomic E-state index is 13.8. The quantitative estimate of drug-likeness (QED) is 0.487. The summed E-state index contributed by atoms with van der Waals surface area (Å²) in [5, 5.41) is 6.92. The minimum Gasteiger partial charge on any atom is -0.321 e. The summed E-state index contributed by atoms with van der Waals surface area (Å²) < 4.78 is 53.4. The number of thiophene rings is 1. The Morgan fingerprint density at radius 1 is 1.22 bits per heavy atom. The lowest BCUT2D eigenvalue weighted by Crippen LogP contribution is -2.47. The number of piperazine rings is 1. The zero-order chi connectivity index (χ0) is 25.5. The van der Waals surface area contributed by atoms with Crippen LogP contribution >= 0.6 is 11.3 Å². The summed E-state index contributed by atoms with van der Waals surface area (Å²) in [6.07, 6.45) is -1.11. The highest BCUT2D eigenvalue weighted by molar-refractivity contribution is 7.08. The molecule has 196 valence electrons. The highest BCUT2D eigenvalue weighted by Gasteiger charge is 2.64. The molecule has 2 amide bonds. The zero-order valence-corrected chi connectivity index (χ0v) is 21.2. The summed E-state index contributed by atoms with van der Waals surface area (Å²) in [6.45, 7) is 5.43. The lowest BCUT2D eigenvalue weighted by atomic mass is 9.96. The van der Waals surface area contributed by atoms with Crippen LogP contribution in [0, 0.1) is 11.7 Å². The summed E-state index contributed by atoms with van der Waals surface area (Å²) in [5.74, 6) is -0.987. The van der Waals surface area contributed by atoms with Gasteiger partial charge in [-0.1, -0.05) is 0 Å². The molecule has 2 saturated carbocycles. The van der Waals surface area contributed by atoms with Gasteiger partial charge in [-0.2, -0.15) is 24.5 Å². The van der Waals surface area contributed by atoms with Crippen molar-refractivity contribution < 1.29 is 22.4 Å². The summed E-state index contributed by atoms with van der Waals surface area (Å²) in [4.78, 5) is 20.0. The molecule has 2 heterocycles. The fourth-order valence-electron chi connectivity index (χ4n) is 6.10. The van der Waals surface area contributed by atoms with E-state index < -0.39 is 23.6 Å². The van der Waals surface area contributed by atoms with E-state index in [4.69, 9.17) is 0 Å². The van der Waals surface area contributed by atoms with Gasteiger partial charge in [0.25, 0.3) is 0 Å². The summed E-state index contributed by atoms with van der Waals surface area (Å²) in [7, 11) is 2.11. The SMILES string of the molecule is CN1CCN(CCCN(C(=O)Nc2ccc(F)c(C(F)(F)F)c2)[C@@H]2CC[C@]3(c4ccsc4)C[C@H]23)CC1. The van der Waals surface area contributed by atoms with Crippen molar-refractivity contribution in [1.82, 2.24) is 14.7 Å². The number of halogens is 4. The highest BCUT2D eigenvalue weighted by atomic mass is 32.1. The van der Waals surface area contributed by atoms with Gasteiger partial charge in [-0.05, 0) is 85.8 Å². The Balaban J connectivity index is 1.30. The molecule has 2 aromatic rings. The van der Waals surface area contributed by atoms with Gasteiger partial charge in [0.1, 0.15) is 5.82 Å². The largest absolute Gasteiger partial charge is 0.419 e. The molecule has 0 spiro atoms. The number of carbonyl (C=O) groups excluding carboxylic acids is 1. The van der Waals surface area contributed by atoms with Crippen molar-refractivity contribution in [2.24, 2.45) is 5.92 Å². The van der Waals surface area contributed by atoms with Crippen LogP contribution in [0.2, 0.25) is 0 Å². The second-order valence-electron chi connectivity index (χ2n) is 10.4. The topological polar surface area (TPSA) is 38.8 Å².